The summed E-state index contributed by atoms with van der Waals surface area (Å²) in [5.41, 5.74) is 9.64. The Bertz CT molecular complexity index is 1480. The molecule has 5 rings (SSSR count). The van der Waals surface area contributed by atoms with Crippen LogP contribution >= 0.6 is 0 Å². The average molecular weight is 498 g/mol. The number of nitrogens with two attached hydrogens (primary N) is 1. The number of pyridine rings is 1. The summed E-state index contributed by atoms with van der Waals surface area (Å²) in [6, 6.07) is 10.4. The molecule has 1 aliphatic rings. The molecule has 0 saturated carbocycles. The molecule has 3 aromatic heterocycles. The number of benzene rings is 1. The number of hydrogen-bond acceptors (Lipinski definition) is 8. The second kappa shape index (κ2) is 10.3. The number of rotatable bonds is 6. The van der Waals surface area contributed by atoms with Crippen LogP contribution in [0.1, 0.15) is 44.8 Å². The first-order valence-electron chi connectivity index (χ1n) is 12.6. The number of para-hydroxylation sites is 1. The van der Waals surface area contributed by atoms with Crippen molar-refractivity contribution in [1.82, 2.24) is 29.6 Å². The van der Waals surface area contributed by atoms with Crippen LogP contribution < -0.4 is 16.0 Å². The van der Waals surface area contributed by atoms with Gasteiger partial charge in [0.15, 0.2) is 5.82 Å². The van der Waals surface area contributed by atoms with Crippen LogP contribution in [0.4, 0.5) is 11.8 Å². The van der Waals surface area contributed by atoms with Crippen molar-refractivity contribution in [2.75, 3.05) is 36.4 Å². The molecule has 11 nitrogen and oxygen atoms in total. The minimum Gasteiger partial charge on any atom is -0.369 e. The zero-order chi connectivity index (χ0) is 25.9. The molecule has 1 aromatic carbocycles. The SMILES string of the molecule is CCC(C)n1ncc2nc(N3CCN(C(N)=NC#N)CC3)nc(N[C@H](C)c3cnc4ccccc4c3)c21. The van der Waals surface area contributed by atoms with Gasteiger partial charge in [-0.05, 0) is 38.0 Å². The van der Waals surface area contributed by atoms with Gasteiger partial charge in [0.25, 0.3) is 0 Å². The fourth-order valence-electron chi connectivity index (χ4n) is 4.57. The maximum absolute atomic E-state index is 8.80. The van der Waals surface area contributed by atoms with Gasteiger partial charge in [-0.15, -0.1) is 4.99 Å². The van der Waals surface area contributed by atoms with Gasteiger partial charge >= 0.3 is 0 Å². The number of fused-ring (bicyclic) bond motifs is 2. The standard InChI is InChI=1S/C26H31N11/c1-4-17(2)37-23-22(15-31-37)33-26(36-11-9-35(10-12-36)25(28)30-16-27)34-24(23)32-18(3)20-13-19-7-5-6-8-21(19)29-14-20/h5-8,13-15,17-18H,4,9-12H2,1-3H3,(H2,28,30)(H,32,33,34)/t17?,18-/m1/s1. The van der Waals surface area contributed by atoms with Crippen LogP contribution in [0.5, 0.6) is 0 Å². The number of nitrogens with one attached hydrogen (secondary N) is 1. The topological polar surface area (TPSA) is 137 Å². The monoisotopic (exact) mass is 497 g/mol. The lowest BCUT2D eigenvalue weighted by atomic mass is 10.1. The first kappa shape index (κ1) is 24.2. The Labute approximate surface area is 215 Å². The van der Waals surface area contributed by atoms with Crippen LogP contribution in [0.25, 0.3) is 21.9 Å². The summed E-state index contributed by atoms with van der Waals surface area (Å²) in [5.74, 6) is 1.62. The number of guanidine groups is 1. The second-order valence-electron chi connectivity index (χ2n) is 9.32. The van der Waals surface area contributed by atoms with Gasteiger partial charge in [-0.3, -0.25) is 9.67 Å². The van der Waals surface area contributed by atoms with E-state index < -0.39 is 0 Å². The van der Waals surface area contributed by atoms with Crippen molar-refractivity contribution in [2.24, 2.45) is 10.7 Å². The van der Waals surface area contributed by atoms with Crippen LogP contribution in [0, 0.1) is 11.5 Å². The second-order valence-corrected chi connectivity index (χ2v) is 9.32. The molecule has 37 heavy (non-hydrogen) atoms. The Kier molecular flexibility index (Phi) is 6.72. The quantitative estimate of drug-likeness (QED) is 0.233. The van der Waals surface area contributed by atoms with E-state index in [0.29, 0.717) is 32.1 Å². The third kappa shape index (κ3) is 4.82. The van der Waals surface area contributed by atoms with Gasteiger partial charge < -0.3 is 20.9 Å². The molecule has 1 saturated heterocycles. The number of piperazine rings is 1. The fraction of sp³-hybridized carbons (Fsp3) is 0.385. The van der Waals surface area contributed by atoms with E-state index in [1.54, 1.807) is 6.19 Å². The van der Waals surface area contributed by atoms with Crippen LogP contribution in [-0.4, -0.2) is 61.8 Å². The van der Waals surface area contributed by atoms with Crippen molar-refractivity contribution >= 4 is 39.7 Å². The number of hydrogen-bond donors (Lipinski definition) is 2. The summed E-state index contributed by atoms with van der Waals surface area (Å²) < 4.78 is 2.00. The summed E-state index contributed by atoms with van der Waals surface area (Å²) in [6.07, 6.45) is 6.42. The molecule has 1 fully saturated rings. The van der Waals surface area contributed by atoms with Gasteiger partial charge in [-0.2, -0.15) is 15.3 Å². The van der Waals surface area contributed by atoms with E-state index in [-0.39, 0.29) is 18.0 Å². The van der Waals surface area contributed by atoms with Crippen LogP contribution in [0.2, 0.25) is 0 Å². The third-order valence-corrected chi connectivity index (χ3v) is 6.96. The highest BCUT2D eigenvalue weighted by atomic mass is 15.4. The number of aromatic nitrogens is 5. The maximum Gasteiger partial charge on any atom is 0.228 e. The molecule has 190 valence electrons. The first-order valence-corrected chi connectivity index (χ1v) is 12.6. The van der Waals surface area contributed by atoms with Gasteiger partial charge in [0, 0.05) is 43.8 Å². The number of nitriles is 1. The average Bonchev–Trinajstić information content (AvgIpc) is 3.37. The minimum atomic E-state index is -0.0397. The van der Waals surface area contributed by atoms with E-state index in [1.165, 1.54) is 0 Å². The summed E-state index contributed by atoms with van der Waals surface area (Å²) in [7, 11) is 0. The highest BCUT2D eigenvalue weighted by Gasteiger charge is 2.24. The Morgan fingerprint density at radius 3 is 2.68 bits per heavy atom. The van der Waals surface area contributed by atoms with Crippen molar-refractivity contribution in [1.29, 1.82) is 5.26 Å². The van der Waals surface area contributed by atoms with Gasteiger partial charge in [-0.1, -0.05) is 25.1 Å². The Morgan fingerprint density at radius 2 is 1.92 bits per heavy atom. The van der Waals surface area contributed by atoms with Crippen molar-refractivity contribution in [2.45, 2.75) is 39.3 Å². The number of anilines is 2. The van der Waals surface area contributed by atoms with E-state index in [2.05, 4.69) is 58.2 Å². The Hall–Kier alpha value is -4.46. The predicted molar refractivity (Wildman–Crippen MR) is 145 cm³/mol. The molecule has 1 unspecified atom stereocenters. The molecular weight excluding hydrogens is 466 g/mol. The van der Waals surface area contributed by atoms with Crippen molar-refractivity contribution in [3.8, 4) is 6.19 Å². The maximum atomic E-state index is 8.80. The van der Waals surface area contributed by atoms with E-state index in [9.17, 15) is 0 Å². The van der Waals surface area contributed by atoms with Gasteiger partial charge in [0.2, 0.25) is 18.1 Å². The smallest absolute Gasteiger partial charge is 0.228 e. The van der Waals surface area contributed by atoms with Crippen molar-refractivity contribution < 1.29 is 0 Å². The highest BCUT2D eigenvalue weighted by Crippen LogP contribution is 2.30. The Morgan fingerprint density at radius 1 is 1.14 bits per heavy atom. The molecule has 11 heteroatoms. The first-order chi connectivity index (χ1) is 18.0. The molecule has 0 radical (unpaired) electrons. The molecule has 2 atom stereocenters. The molecular formula is C26H31N11. The normalized spacial score (nSPS) is 16.1. The zero-order valence-corrected chi connectivity index (χ0v) is 21.3. The molecule has 0 aliphatic carbocycles. The van der Waals surface area contributed by atoms with E-state index >= 15 is 0 Å². The summed E-state index contributed by atoms with van der Waals surface area (Å²) >= 11 is 0. The summed E-state index contributed by atoms with van der Waals surface area (Å²) in [5, 5.41) is 18.2. The van der Waals surface area contributed by atoms with Crippen LogP contribution in [0.3, 0.4) is 0 Å². The van der Waals surface area contributed by atoms with E-state index in [4.69, 9.17) is 21.0 Å². The highest BCUT2D eigenvalue weighted by molar-refractivity contribution is 5.87. The predicted octanol–water partition coefficient (Wildman–Crippen LogP) is 3.44. The van der Waals surface area contributed by atoms with Gasteiger partial charge in [0.05, 0.1) is 17.8 Å². The molecule has 1 aliphatic heterocycles. The lowest BCUT2D eigenvalue weighted by Gasteiger charge is -2.35. The van der Waals surface area contributed by atoms with Gasteiger partial charge in [0.1, 0.15) is 11.0 Å². The molecule has 0 amide bonds. The zero-order valence-electron chi connectivity index (χ0n) is 21.3. The molecule has 4 heterocycles. The van der Waals surface area contributed by atoms with Crippen LogP contribution in [0.15, 0.2) is 47.7 Å². The van der Waals surface area contributed by atoms with Crippen LogP contribution in [-0.2, 0) is 0 Å². The van der Waals surface area contributed by atoms with Crippen molar-refractivity contribution in [3.63, 3.8) is 0 Å². The minimum absolute atomic E-state index is 0.0397. The largest absolute Gasteiger partial charge is 0.369 e. The van der Waals surface area contributed by atoms with Crippen molar-refractivity contribution in [3.05, 3.63) is 48.3 Å². The fourth-order valence-corrected chi connectivity index (χ4v) is 4.57. The number of nitrogens with zero attached hydrogens (tertiary/aromatic N) is 9. The third-order valence-electron chi connectivity index (χ3n) is 6.96. The van der Waals surface area contributed by atoms with E-state index in [1.807, 2.05) is 40.2 Å². The number of aliphatic imine (C=N–C) groups is 1. The molecule has 4 aromatic rings. The van der Waals surface area contributed by atoms with Gasteiger partial charge in [-0.25, -0.2) is 4.98 Å². The molecule has 0 spiro atoms. The summed E-state index contributed by atoms with van der Waals surface area (Å²) in [4.78, 5) is 22.2. The Balaban J connectivity index is 1.48. The lowest BCUT2D eigenvalue weighted by Crippen LogP contribution is -2.51. The molecule has 3 N–H and O–H groups in total. The molecule has 0 bridgehead atoms. The summed E-state index contributed by atoms with van der Waals surface area (Å²) in [6.45, 7) is 8.99. The lowest BCUT2D eigenvalue weighted by molar-refractivity contribution is 0.380. The van der Waals surface area contributed by atoms with E-state index in [0.717, 1.165) is 39.7 Å².